The lowest BCUT2D eigenvalue weighted by molar-refractivity contribution is -0.120. The lowest BCUT2D eigenvalue weighted by Gasteiger charge is -2.14. The summed E-state index contributed by atoms with van der Waals surface area (Å²) in [6.45, 7) is 0.890. The van der Waals surface area contributed by atoms with Gasteiger partial charge in [-0.25, -0.2) is 4.79 Å². The van der Waals surface area contributed by atoms with E-state index in [9.17, 15) is 9.59 Å². The quantitative estimate of drug-likeness (QED) is 0.698. The van der Waals surface area contributed by atoms with E-state index in [0.717, 1.165) is 19.3 Å². The molecule has 3 rings (SSSR count). The Hall–Kier alpha value is -2.82. The second-order valence-corrected chi connectivity index (χ2v) is 6.74. The maximum Gasteiger partial charge on any atom is 0.407 e. The highest BCUT2D eigenvalue weighted by Crippen LogP contribution is 2.44. The normalized spacial score (nSPS) is 12.2. The number of carbonyl (C=O) groups excluding carboxylic acids is 2. The van der Waals surface area contributed by atoms with Crippen molar-refractivity contribution in [3.63, 3.8) is 0 Å². The largest absolute Gasteiger partial charge is 0.449 e. The Balaban J connectivity index is 1.45. The van der Waals surface area contributed by atoms with Crippen molar-refractivity contribution in [3.8, 4) is 11.1 Å². The van der Waals surface area contributed by atoms with Gasteiger partial charge in [-0.05, 0) is 35.1 Å². The fraction of sp³-hybridized carbons (Fsp3) is 0.364. The number of nitrogens with one attached hydrogen (secondary N) is 2. The van der Waals surface area contributed by atoms with Crippen molar-refractivity contribution in [2.45, 2.75) is 31.6 Å². The van der Waals surface area contributed by atoms with Crippen LogP contribution in [0.15, 0.2) is 48.5 Å². The molecule has 2 amide bonds. The van der Waals surface area contributed by atoms with Gasteiger partial charge in [0.1, 0.15) is 6.61 Å². The van der Waals surface area contributed by atoms with E-state index in [0.29, 0.717) is 19.6 Å². The van der Waals surface area contributed by atoms with E-state index >= 15 is 0 Å². The molecule has 1 aliphatic rings. The Kier molecular flexibility index (Phi) is 6.47. The van der Waals surface area contributed by atoms with Gasteiger partial charge < -0.3 is 15.4 Å². The number of benzene rings is 2. The van der Waals surface area contributed by atoms with Crippen LogP contribution in [0.3, 0.4) is 0 Å². The van der Waals surface area contributed by atoms with Crippen molar-refractivity contribution in [3.05, 3.63) is 59.7 Å². The minimum absolute atomic E-state index is 0.0551. The summed E-state index contributed by atoms with van der Waals surface area (Å²) in [5.74, 6) is 0.134. The molecule has 0 bridgehead atoms. The molecule has 0 fully saturated rings. The zero-order chi connectivity index (χ0) is 19.1. The topological polar surface area (TPSA) is 67.4 Å². The summed E-state index contributed by atoms with van der Waals surface area (Å²) >= 11 is 0. The Morgan fingerprint density at radius 1 is 0.926 bits per heavy atom. The summed E-state index contributed by atoms with van der Waals surface area (Å²) < 4.78 is 5.49. The lowest BCUT2D eigenvalue weighted by atomic mass is 9.98. The number of rotatable bonds is 8. The molecule has 27 heavy (non-hydrogen) atoms. The number of carbonyl (C=O) groups is 2. The average molecular weight is 366 g/mol. The van der Waals surface area contributed by atoms with Gasteiger partial charge in [-0.1, -0.05) is 55.0 Å². The second kappa shape index (κ2) is 9.21. The summed E-state index contributed by atoms with van der Waals surface area (Å²) in [5, 5.41) is 5.40. The molecule has 1 aliphatic carbocycles. The second-order valence-electron chi connectivity index (χ2n) is 6.74. The van der Waals surface area contributed by atoms with E-state index in [1.807, 2.05) is 24.3 Å². The number of unbranched alkanes of at least 4 members (excludes halogenated alkanes) is 2. The molecule has 0 aliphatic heterocycles. The van der Waals surface area contributed by atoms with Crippen molar-refractivity contribution in [2.24, 2.45) is 0 Å². The molecular formula is C22H26N2O3. The van der Waals surface area contributed by atoms with Crippen molar-refractivity contribution in [2.75, 3.05) is 20.2 Å². The highest BCUT2D eigenvalue weighted by Gasteiger charge is 2.28. The highest BCUT2D eigenvalue weighted by molar-refractivity contribution is 5.79. The van der Waals surface area contributed by atoms with Crippen LogP contribution in [0.4, 0.5) is 4.79 Å². The van der Waals surface area contributed by atoms with Gasteiger partial charge >= 0.3 is 6.09 Å². The smallest absolute Gasteiger partial charge is 0.407 e. The third-order valence-electron chi connectivity index (χ3n) is 4.97. The van der Waals surface area contributed by atoms with E-state index in [4.69, 9.17) is 4.74 Å². The van der Waals surface area contributed by atoms with E-state index in [2.05, 4.69) is 34.9 Å². The Morgan fingerprint density at radius 2 is 1.56 bits per heavy atom. The van der Waals surface area contributed by atoms with E-state index in [1.54, 1.807) is 7.05 Å². The van der Waals surface area contributed by atoms with Crippen LogP contribution in [0.1, 0.15) is 42.7 Å². The maximum atomic E-state index is 12.0. The monoisotopic (exact) mass is 366 g/mol. The van der Waals surface area contributed by atoms with Crippen LogP contribution in [-0.4, -0.2) is 32.2 Å². The van der Waals surface area contributed by atoms with Crippen molar-refractivity contribution in [1.82, 2.24) is 10.6 Å². The number of hydrogen-bond donors (Lipinski definition) is 2. The fourth-order valence-electron chi connectivity index (χ4n) is 3.55. The van der Waals surface area contributed by atoms with Crippen molar-refractivity contribution >= 4 is 12.0 Å². The average Bonchev–Trinajstić information content (AvgIpc) is 3.02. The van der Waals surface area contributed by atoms with Gasteiger partial charge in [0.2, 0.25) is 5.91 Å². The third kappa shape index (κ3) is 4.67. The van der Waals surface area contributed by atoms with Gasteiger partial charge in [-0.2, -0.15) is 0 Å². The summed E-state index contributed by atoms with van der Waals surface area (Å²) in [5.41, 5.74) is 4.86. The molecule has 5 heteroatoms. The molecule has 2 aromatic rings. The molecule has 0 heterocycles. The van der Waals surface area contributed by atoms with E-state index in [-0.39, 0.29) is 17.9 Å². The molecule has 0 aromatic heterocycles. The molecule has 0 saturated carbocycles. The molecule has 0 unspecified atom stereocenters. The number of fused-ring (bicyclic) bond motifs is 3. The van der Waals surface area contributed by atoms with Crippen LogP contribution in [0.5, 0.6) is 0 Å². The summed E-state index contributed by atoms with van der Waals surface area (Å²) in [6, 6.07) is 16.6. The van der Waals surface area contributed by atoms with Crippen molar-refractivity contribution < 1.29 is 14.3 Å². The number of ether oxygens (including phenoxy) is 1. The molecule has 0 spiro atoms. The molecule has 2 N–H and O–H groups in total. The highest BCUT2D eigenvalue weighted by atomic mass is 16.5. The number of alkyl carbamates (subject to hydrolysis) is 1. The number of amides is 2. The summed E-state index contributed by atoms with van der Waals surface area (Å²) in [6.07, 6.45) is 2.70. The van der Waals surface area contributed by atoms with Crippen LogP contribution in [0, 0.1) is 0 Å². The van der Waals surface area contributed by atoms with E-state index < -0.39 is 0 Å². The molecule has 5 nitrogen and oxygen atoms in total. The molecule has 0 radical (unpaired) electrons. The summed E-state index contributed by atoms with van der Waals surface area (Å²) in [4.78, 5) is 23.2. The Morgan fingerprint density at radius 3 is 2.19 bits per heavy atom. The van der Waals surface area contributed by atoms with Crippen LogP contribution >= 0.6 is 0 Å². The minimum Gasteiger partial charge on any atom is -0.449 e. The summed E-state index contributed by atoms with van der Waals surface area (Å²) in [7, 11) is 1.64. The van der Waals surface area contributed by atoms with Gasteiger partial charge in [0.15, 0.2) is 0 Å². The third-order valence-corrected chi connectivity index (χ3v) is 4.97. The van der Waals surface area contributed by atoms with Gasteiger partial charge in [0.25, 0.3) is 0 Å². The predicted octanol–water partition coefficient (Wildman–Crippen LogP) is 3.83. The Labute approximate surface area is 160 Å². The van der Waals surface area contributed by atoms with Crippen LogP contribution in [0.25, 0.3) is 11.1 Å². The molecule has 2 aromatic carbocycles. The minimum atomic E-state index is -0.386. The van der Waals surface area contributed by atoms with Crippen LogP contribution in [0.2, 0.25) is 0 Å². The first-order valence-electron chi connectivity index (χ1n) is 9.50. The lowest BCUT2D eigenvalue weighted by Crippen LogP contribution is -2.27. The molecule has 0 atom stereocenters. The van der Waals surface area contributed by atoms with Crippen LogP contribution in [-0.2, 0) is 9.53 Å². The predicted molar refractivity (Wildman–Crippen MR) is 106 cm³/mol. The van der Waals surface area contributed by atoms with Gasteiger partial charge in [0, 0.05) is 25.9 Å². The molecular weight excluding hydrogens is 340 g/mol. The fourth-order valence-corrected chi connectivity index (χ4v) is 3.55. The first-order chi connectivity index (χ1) is 13.2. The first kappa shape index (κ1) is 19.0. The number of hydrogen-bond acceptors (Lipinski definition) is 3. The molecule has 0 saturated heterocycles. The zero-order valence-corrected chi connectivity index (χ0v) is 15.7. The standard InChI is InChI=1S/C22H26N2O3/c1-23-21(25)13-3-2-8-14-24-22(26)27-15-20-18-11-6-4-9-16(18)17-10-5-7-12-19(17)20/h4-7,9-12,20H,2-3,8,13-15H2,1H3,(H,23,25)(H,24,26). The van der Waals surface area contributed by atoms with E-state index in [1.165, 1.54) is 22.3 Å². The first-order valence-corrected chi connectivity index (χ1v) is 9.50. The van der Waals surface area contributed by atoms with Gasteiger partial charge in [-0.3, -0.25) is 4.79 Å². The maximum absolute atomic E-state index is 12.0. The van der Waals surface area contributed by atoms with Gasteiger partial charge in [-0.15, -0.1) is 0 Å². The zero-order valence-electron chi connectivity index (χ0n) is 15.7. The SMILES string of the molecule is CNC(=O)CCCCCNC(=O)OCC1c2ccccc2-c2ccccc21. The van der Waals surface area contributed by atoms with Crippen molar-refractivity contribution in [1.29, 1.82) is 0 Å². The molecule has 142 valence electrons. The van der Waals surface area contributed by atoms with Crippen LogP contribution < -0.4 is 10.6 Å². The van der Waals surface area contributed by atoms with Gasteiger partial charge in [0.05, 0.1) is 0 Å². The Bertz CT molecular complexity index is 758.